The number of benzene rings is 1. The van der Waals surface area contributed by atoms with E-state index in [4.69, 9.17) is 5.73 Å². The Morgan fingerprint density at radius 3 is 2.37 bits per heavy atom. The van der Waals surface area contributed by atoms with E-state index in [1.165, 1.54) is 4.90 Å². The zero-order valence-corrected chi connectivity index (χ0v) is 12.4. The summed E-state index contributed by atoms with van der Waals surface area (Å²) in [5.74, 6) is -0.369. The van der Waals surface area contributed by atoms with Crippen LogP contribution in [-0.4, -0.2) is 36.9 Å². The van der Waals surface area contributed by atoms with E-state index in [2.05, 4.69) is 5.32 Å². The number of nitrogens with zero attached hydrogens (tertiary/aromatic N) is 1. The predicted octanol–water partition coefficient (Wildman–Crippen LogP) is 1.40. The van der Waals surface area contributed by atoms with Crippen LogP contribution in [-0.2, 0) is 4.79 Å². The average Bonchev–Trinajstić information content (AvgIpc) is 2.30. The summed E-state index contributed by atoms with van der Waals surface area (Å²) in [6.45, 7) is 3.46. The van der Waals surface area contributed by atoms with Crippen LogP contribution in [0.25, 0.3) is 0 Å². The maximum atomic E-state index is 11.9. The van der Waals surface area contributed by atoms with Crippen molar-refractivity contribution in [3.63, 3.8) is 0 Å². The summed E-state index contributed by atoms with van der Waals surface area (Å²) in [5, 5.41) is 2.67. The molecule has 1 aromatic rings. The van der Waals surface area contributed by atoms with Crippen molar-refractivity contribution in [3.05, 3.63) is 29.3 Å². The van der Waals surface area contributed by atoms with Crippen LogP contribution in [0.4, 0.5) is 5.69 Å². The first-order valence-corrected chi connectivity index (χ1v) is 5.71. The van der Waals surface area contributed by atoms with Crippen molar-refractivity contribution in [2.24, 2.45) is 5.73 Å². The molecule has 0 radical (unpaired) electrons. The summed E-state index contributed by atoms with van der Waals surface area (Å²) in [4.78, 5) is 24.9. The molecule has 1 atom stereocenters. The van der Waals surface area contributed by atoms with Gasteiger partial charge in [-0.05, 0) is 31.5 Å². The lowest BCUT2D eigenvalue weighted by Gasteiger charge is -2.14. The molecule has 5 nitrogen and oxygen atoms in total. The van der Waals surface area contributed by atoms with E-state index < -0.39 is 6.04 Å². The molecule has 106 valence electrons. The van der Waals surface area contributed by atoms with E-state index in [1.54, 1.807) is 39.2 Å². The predicted molar refractivity (Wildman–Crippen MR) is 78.7 cm³/mol. The van der Waals surface area contributed by atoms with E-state index in [-0.39, 0.29) is 24.2 Å². The van der Waals surface area contributed by atoms with Gasteiger partial charge in [-0.15, -0.1) is 12.4 Å². The minimum absolute atomic E-state index is 0. The van der Waals surface area contributed by atoms with Crippen molar-refractivity contribution in [2.75, 3.05) is 19.4 Å². The number of aryl methyl sites for hydroxylation is 1. The minimum Gasteiger partial charge on any atom is -0.345 e. The van der Waals surface area contributed by atoms with Gasteiger partial charge in [0.15, 0.2) is 0 Å². The molecule has 0 aromatic heterocycles. The van der Waals surface area contributed by atoms with Crippen LogP contribution in [0, 0.1) is 6.92 Å². The molecule has 0 saturated heterocycles. The van der Waals surface area contributed by atoms with E-state index in [1.807, 2.05) is 6.92 Å². The van der Waals surface area contributed by atoms with E-state index in [9.17, 15) is 9.59 Å². The van der Waals surface area contributed by atoms with Gasteiger partial charge in [0.1, 0.15) is 0 Å². The molecule has 2 amide bonds. The first-order valence-electron chi connectivity index (χ1n) is 5.71. The topological polar surface area (TPSA) is 75.4 Å². The number of nitrogens with two attached hydrogens (primary N) is 1. The number of nitrogens with one attached hydrogen (secondary N) is 1. The fourth-order valence-corrected chi connectivity index (χ4v) is 1.43. The van der Waals surface area contributed by atoms with Crippen molar-refractivity contribution < 1.29 is 9.59 Å². The second-order valence-corrected chi connectivity index (χ2v) is 4.51. The standard InChI is InChI=1S/C13H19N3O2.ClH/c1-8-5-6-10(15-12(17)9(2)14)7-11(8)13(18)16(3)4;/h5-7,9H,14H2,1-4H3,(H,15,17);1H/t9-;/m0./s1. The Labute approximate surface area is 119 Å². The third-order valence-corrected chi connectivity index (χ3v) is 2.56. The molecule has 0 bridgehead atoms. The normalized spacial score (nSPS) is 11.2. The zero-order chi connectivity index (χ0) is 13.9. The lowest BCUT2D eigenvalue weighted by atomic mass is 10.1. The summed E-state index contributed by atoms with van der Waals surface area (Å²) in [5.41, 5.74) is 7.49. The molecule has 6 heteroatoms. The second kappa shape index (κ2) is 7.11. The number of rotatable bonds is 3. The molecule has 0 unspecified atom stereocenters. The molecule has 0 aliphatic heterocycles. The van der Waals surface area contributed by atoms with E-state index in [0.29, 0.717) is 11.3 Å². The van der Waals surface area contributed by atoms with Crippen LogP contribution >= 0.6 is 12.4 Å². The van der Waals surface area contributed by atoms with E-state index >= 15 is 0 Å². The SMILES string of the molecule is Cc1ccc(NC(=O)[C@H](C)N)cc1C(=O)N(C)C.Cl. The summed E-state index contributed by atoms with van der Waals surface area (Å²) in [6.07, 6.45) is 0. The highest BCUT2D eigenvalue weighted by Crippen LogP contribution is 2.16. The zero-order valence-electron chi connectivity index (χ0n) is 11.6. The molecule has 0 aliphatic rings. The molecule has 0 saturated carbocycles. The Bertz CT molecular complexity index is 473. The minimum atomic E-state index is -0.584. The summed E-state index contributed by atoms with van der Waals surface area (Å²) >= 11 is 0. The van der Waals surface area contributed by atoms with Crippen LogP contribution in [0.15, 0.2) is 18.2 Å². The Kier molecular flexibility index (Phi) is 6.52. The van der Waals surface area contributed by atoms with Crippen LogP contribution < -0.4 is 11.1 Å². The van der Waals surface area contributed by atoms with Crippen LogP contribution in [0.3, 0.4) is 0 Å². The number of carbonyl (C=O) groups is 2. The van der Waals surface area contributed by atoms with Crippen LogP contribution in [0.5, 0.6) is 0 Å². The third kappa shape index (κ3) is 4.54. The molecule has 3 N–H and O–H groups in total. The molecule has 0 aliphatic carbocycles. The maximum Gasteiger partial charge on any atom is 0.253 e. The van der Waals surface area contributed by atoms with Crippen LogP contribution in [0.2, 0.25) is 0 Å². The number of halogens is 1. The Balaban J connectivity index is 0.00000324. The molecule has 1 rings (SSSR count). The average molecular weight is 286 g/mol. The van der Waals surface area contributed by atoms with Gasteiger partial charge >= 0.3 is 0 Å². The van der Waals surface area contributed by atoms with Gasteiger partial charge in [0.2, 0.25) is 5.91 Å². The Morgan fingerprint density at radius 2 is 1.89 bits per heavy atom. The summed E-state index contributed by atoms with van der Waals surface area (Å²) in [6, 6.07) is 4.63. The third-order valence-electron chi connectivity index (χ3n) is 2.56. The maximum absolute atomic E-state index is 11.9. The molecule has 0 heterocycles. The largest absolute Gasteiger partial charge is 0.345 e. The van der Waals surface area contributed by atoms with Gasteiger partial charge in [0.05, 0.1) is 6.04 Å². The number of hydrogen-bond acceptors (Lipinski definition) is 3. The monoisotopic (exact) mass is 285 g/mol. The first-order chi connectivity index (χ1) is 8.32. The number of anilines is 1. The second-order valence-electron chi connectivity index (χ2n) is 4.51. The van der Waals surface area contributed by atoms with Gasteiger partial charge in [-0.3, -0.25) is 9.59 Å². The fraction of sp³-hybridized carbons (Fsp3) is 0.385. The van der Waals surface area contributed by atoms with E-state index in [0.717, 1.165) is 5.56 Å². The number of hydrogen-bond donors (Lipinski definition) is 2. The Morgan fingerprint density at radius 1 is 1.32 bits per heavy atom. The first kappa shape index (κ1) is 17.4. The Hall–Kier alpha value is -1.59. The lowest BCUT2D eigenvalue weighted by molar-refractivity contribution is -0.117. The van der Waals surface area contributed by atoms with Crippen molar-refractivity contribution in [2.45, 2.75) is 19.9 Å². The smallest absolute Gasteiger partial charge is 0.253 e. The highest BCUT2D eigenvalue weighted by atomic mass is 35.5. The van der Waals surface area contributed by atoms with Gasteiger partial charge in [-0.1, -0.05) is 6.07 Å². The van der Waals surface area contributed by atoms with Crippen molar-refractivity contribution in [1.29, 1.82) is 0 Å². The highest BCUT2D eigenvalue weighted by Gasteiger charge is 2.13. The van der Waals surface area contributed by atoms with Crippen molar-refractivity contribution in [1.82, 2.24) is 4.90 Å². The summed E-state index contributed by atoms with van der Waals surface area (Å²) in [7, 11) is 3.38. The van der Waals surface area contributed by atoms with Gasteiger partial charge in [-0.2, -0.15) is 0 Å². The van der Waals surface area contributed by atoms with Gasteiger partial charge in [-0.25, -0.2) is 0 Å². The summed E-state index contributed by atoms with van der Waals surface area (Å²) < 4.78 is 0. The number of amides is 2. The fourth-order valence-electron chi connectivity index (χ4n) is 1.43. The van der Waals surface area contributed by atoms with Crippen LogP contribution in [0.1, 0.15) is 22.8 Å². The van der Waals surface area contributed by atoms with Crippen molar-refractivity contribution in [3.8, 4) is 0 Å². The molecular formula is C13H20ClN3O2. The molecule has 1 aromatic carbocycles. The lowest BCUT2D eigenvalue weighted by Crippen LogP contribution is -2.32. The van der Waals surface area contributed by atoms with Crippen molar-refractivity contribution >= 4 is 29.9 Å². The molecular weight excluding hydrogens is 266 g/mol. The highest BCUT2D eigenvalue weighted by molar-refractivity contribution is 5.99. The quantitative estimate of drug-likeness (QED) is 0.881. The molecule has 0 fully saturated rings. The number of carbonyl (C=O) groups excluding carboxylic acids is 2. The molecule has 0 spiro atoms. The van der Waals surface area contributed by atoms with Gasteiger partial charge < -0.3 is 16.0 Å². The molecule has 19 heavy (non-hydrogen) atoms. The van der Waals surface area contributed by atoms with Gasteiger partial charge in [0.25, 0.3) is 5.91 Å². The van der Waals surface area contributed by atoms with Gasteiger partial charge in [0, 0.05) is 25.3 Å².